The van der Waals surface area contributed by atoms with E-state index in [9.17, 15) is 4.79 Å². The number of nitrogens with zero attached hydrogens (tertiary/aromatic N) is 3. The van der Waals surface area contributed by atoms with E-state index in [0.29, 0.717) is 25.5 Å². The second kappa shape index (κ2) is 13.6. The van der Waals surface area contributed by atoms with Crippen molar-refractivity contribution in [3.63, 3.8) is 0 Å². The summed E-state index contributed by atoms with van der Waals surface area (Å²) in [7, 11) is 6.93. The van der Waals surface area contributed by atoms with Gasteiger partial charge in [0.1, 0.15) is 5.75 Å². The van der Waals surface area contributed by atoms with Gasteiger partial charge in [-0.05, 0) is 17.7 Å². The van der Waals surface area contributed by atoms with E-state index in [1.54, 1.807) is 33.2 Å². The van der Waals surface area contributed by atoms with E-state index in [-0.39, 0.29) is 35.9 Å². The highest BCUT2D eigenvalue weighted by Crippen LogP contribution is 2.23. The molecule has 9 heteroatoms. The molecular weight excluding hydrogens is 485 g/mol. The molecule has 1 aromatic rings. The van der Waals surface area contributed by atoms with Crippen LogP contribution < -0.4 is 15.4 Å². The number of halogens is 1. The van der Waals surface area contributed by atoms with Gasteiger partial charge in [-0.1, -0.05) is 12.1 Å². The fourth-order valence-corrected chi connectivity index (χ4v) is 3.10. The van der Waals surface area contributed by atoms with Crippen LogP contribution in [0.4, 0.5) is 0 Å². The Balaban J connectivity index is 0.00000420. The minimum Gasteiger partial charge on any atom is -0.497 e. The van der Waals surface area contributed by atoms with Crippen LogP contribution in [0.5, 0.6) is 5.75 Å². The number of guanidine groups is 1. The van der Waals surface area contributed by atoms with Gasteiger partial charge in [-0.15, -0.1) is 24.0 Å². The highest BCUT2D eigenvalue weighted by atomic mass is 127. The number of aliphatic imine (C=N–C) groups is 1. The number of benzene rings is 1. The van der Waals surface area contributed by atoms with Gasteiger partial charge >= 0.3 is 0 Å². The summed E-state index contributed by atoms with van der Waals surface area (Å²) in [5, 5.41) is 6.61. The molecule has 29 heavy (non-hydrogen) atoms. The quantitative estimate of drug-likeness (QED) is 0.307. The van der Waals surface area contributed by atoms with Crippen molar-refractivity contribution in [2.24, 2.45) is 4.99 Å². The van der Waals surface area contributed by atoms with Gasteiger partial charge in [0.25, 0.3) is 0 Å². The molecule has 2 N–H and O–H groups in total. The molecule has 1 aromatic carbocycles. The molecule has 1 aliphatic rings. The van der Waals surface area contributed by atoms with Gasteiger partial charge in [-0.2, -0.15) is 0 Å². The van der Waals surface area contributed by atoms with Gasteiger partial charge in [0.2, 0.25) is 5.91 Å². The highest BCUT2D eigenvalue weighted by Gasteiger charge is 2.23. The van der Waals surface area contributed by atoms with Crippen LogP contribution in [0.15, 0.2) is 29.3 Å². The van der Waals surface area contributed by atoms with Crippen LogP contribution >= 0.6 is 24.0 Å². The maximum Gasteiger partial charge on any atom is 0.223 e. The molecule has 1 unspecified atom stereocenters. The summed E-state index contributed by atoms with van der Waals surface area (Å²) in [6.45, 7) is 4.51. The molecule has 2 rings (SSSR count). The molecule has 164 valence electrons. The molecule has 0 radical (unpaired) electrons. The second-order valence-electron chi connectivity index (χ2n) is 6.86. The first-order chi connectivity index (χ1) is 13.5. The SMILES string of the molecule is CN=C(NCCC(=O)N(C)C)NCC(c1ccc(OC)cc1)N1CCOCC1.I. The molecule has 1 atom stereocenters. The molecule has 1 heterocycles. The van der Waals surface area contributed by atoms with E-state index >= 15 is 0 Å². The Hall–Kier alpha value is -1.59. The normalized spacial score (nSPS) is 15.8. The Morgan fingerprint density at radius 1 is 1.24 bits per heavy atom. The van der Waals surface area contributed by atoms with Crippen molar-refractivity contribution >= 4 is 35.8 Å². The van der Waals surface area contributed by atoms with E-state index in [1.807, 2.05) is 12.1 Å². The topological polar surface area (TPSA) is 78.4 Å². The lowest BCUT2D eigenvalue weighted by Crippen LogP contribution is -2.46. The van der Waals surface area contributed by atoms with Crippen LogP contribution in [0.25, 0.3) is 0 Å². The standard InChI is InChI=1S/C20H33N5O3.HI/c1-21-20(22-10-9-19(26)24(2)3)23-15-18(25-11-13-28-14-12-25)16-5-7-17(27-4)8-6-16;/h5-8,18H,9-15H2,1-4H3,(H2,21,22,23);1H. The van der Waals surface area contributed by atoms with Crippen molar-refractivity contribution in [3.05, 3.63) is 29.8 Å². The predicted molar refractivity (Wildman–Crippen MR) is 126 cm³/mol. The minimum absolute atomic E-state index is 0. The van der Waals surface area contributed by atoms with Gasteiger partial charge in [0.05, 0.1) is 26.4 Å². The van der Waals surface area contributed by atoms with Gasteiger partial charge in [-0.25, -0.2) is 0 Å². The third-order valence-electron chi connectivity index (χ3n) is 4.80. The molecular formula is C20H34IN5O3. The highest BCUT2D eigenvalue weighted by molar-refractivity contribution is 14.0. The van der Waals surface area contributed by atoms with Crippen molar-refractivity contribution < 1.29 is 14.3 Å². The summed E-state index contributed by atoms with van der Waals surface area (Å²) in [4.78, 5) is 20.0. The Morgan fingerprint density at radius 3 is 2.45 bits per heavy atom. The third-order valence-corrected chi connectivity index (χ3v) is 4.80. The summed E-state index contributed by atoms with van der Waals surface area (Å²) < 4.78 is 10.8. The fraction of sp³-hybridized carbons (Fsp3) is 0.600. The number of methoxy groups -OCH3 is 1. The predicted octanol–water partition coefficient (Wildman–Crippen LogP) is 1.33. The Morgan fingerprint density at radius 2 is 1.90 bits per heavy atom. The average molecular weight is 519 g/mol. The second-order valence-corrected chi connectivity index (χ2v) is 6.86. The zero-order valence-corrected chi connectivity index (χ0v) is 20.1. The van der Waals surface area contributed by atoms with Crippen LogP contribution in [0.1, 0.15) is 18.0 Å². The summed E-state index contributed by atoms with van der Waals surface area (Å²) in [5.41, 5.74) is 1.22. The number of hydrogen-bond donors (Lipinski definition) is 2. The minimum atomic E-state index is 0. The van der Waals surface area contributed by atoms with E-state index in [4.69, 9.17) is 9.47 Å². The van der Waals surface area contributed by atoms with Gasteiger partial charge < -0.3 is 25.0 Å². The fourth-order valence-electron chi connectivity index (χ4n) is 3.10. The van der Waals surface area contributed by atoms with Gasteiger partial charge in [0.15, 0.2) is 5.96 Å². The van der Waals surface area contributed by atoms with Gasteiger partial charge in [0, 0.05) is 53.7 Å². The average Bonchev–Trinajstić information content (AvgIpc) is 2.73. The smallest absolute Gasteiger partial charge is 0.223 e. The lowest BCUT2D eigenvalue weighted by molar-refractivity contribution is -0.128. The Bertz CT molecular complexity index is 634. The summed E-state index contributed by atoms with van der Waals surface area (Å²) >= 11 is 0. The maximum absolute atomic E-state index is 11.7. The lowest BCUT2D eigenvalue weighted by atomic mass is 10.0. The summed E-state index contributed by atoms with van der Waals surface area (Å²) in [6, 6.07) is 8.38. The van der Waals surface area contributed by atoms with Crippen molar-refractivity contribution in [1.82, 2.24) is 20.4 Å². The molecule has 1 fully saturated rings. The monoisotopic (exact) mass is 519 g/mol. The molecule has 8 nitrogen and oxygen atoms in total. The van der Waals surface area contributed by atoms with Gasteiger partial charge in [-0.3, -0.25) is 14.7 Å². The van der Waals surface area contributed by atoms with Crippen LogP contribution in [-0.2, 0) is 9.53 Å². The van der Waals surface area contributed by atoms with Crippen molar-refractivity contribution in [2.45, 2.75) is 12.5 Å². The first kappa shape index (κ1) is 25.4. The number of rotatable bonds is 8. The van der Waals surface area contributed by atoms with E-state index in [2.05, 4.69) is 32.7 Å². The number of nitrogens with one attached hydrogen (secondary N) is 2. The summed E-state index contributed by atoms with van der Waals surface area (Å²) in [6.07, 6.45) is 0.430. The van der Waals surface area contributed by atoms with Crippen molar-refractivity contribution in [1.29, 1.82) is 0 Å². The van der Waals surface area contributed by atoms with E-state index in [0.717, 1.165) is 32.1 Å². The first-order valence-corrected chi connectivity index (χ1v) is 9.65. The van der Waals surface area contributed by atoms with Crippen LogP contribution in [0, 0.1) is 0 Å². The third kappa shape index (κ3) is 8.35. The van der Waals surface area contributed by atoms with E-state index < -0.39 is 0 Å². The molecule has 1 saturated heterocycles. The number of morpholine rings is 1. The molecule has 1 amide bonds. The van der Waals surface area contributed by atoms with Crippen LogP contribution in [-0.4, -0.2) is 89.3 Å². The Kier molecular flexibility index (Phi) is 11.9. The Labute approximate surface area is 191 Å². The maximum atomic E-state index is 11.7. The largest absolute Gasteiger partial charge is 0.497 e. The number of amides is 1. The molecule has 0 saturated carbocycles. The van der Waals surface area contributed by atoms with Crippen molar-refractivity contribution in [3.8, 4) is 5.75 Å². The molecule has 0 bridgehead atoms. The number of ether oxygens (including phenoxy) is 2. The molecule has 1 aliphatic heterocycles. The lowest BCUT2D eigenvalue weighted by Gasteiger charge is -2.35. The number of hydrogen-bond acceptors (Lipinski definition) is 5. The van der Waals surface area contributed by atoms with Crippen LogP contribution in [0.2, 0.25) is 0 Å². The molecule has 0 spiro atoms. The number of carbonyl (C=O) groups is 1. The summed E-state index contributed by atoms with van der Waals surface area (Å²) in [5.74, 6) is 1.63. The molecule has 0 aliphatic carbocycles. The zero-order valence-electron chi connectivity index (χ0n) is 17.8. The van der Waals surface area contributed by atoms with E-state index in [1.165, 1.54) is 5.56 Å². The molecule has 0 aromatic heterocycles. The zero-order chi connectivity index (χ0) is 20.4. The van der Waals surface area contributed by atoms with Crippen LogP contribution in [0.3, 0.4) is 0 Å². The first-order valence-electron chi connectivity index (χ1n) is 9.65. The van der Waals surface area contributed by atoms with Crippen molar-refractivity contribution in [2.75, 3.05) is 67.6 Å². The number of carbonyl (C=O) groups excluding carboxylic acids is 1.